The van der Waals surface area contributed by atoms with Gasteiger partial charge >= 0.3 is 6.18 Å². The quantitative estimate of drug-likeness (QED) is 0.563. The predicted octanol–water partition coefficient (Wildman–Crippen LogP) is 4.11. The molecule has 2 saturated heterocycles. The number of pyridine rings is 1. The Morgan fingerprint density at radius 1 is 0.833 bits per heavy atom. The van der Waals surface area contributed by atoms with Crippen LogP contribution in [0, 0.1) is 6.92 Å². The largest absolute Gasteiger partial charge is 0.419 e. The maximum absolute atomic E-state index is 13.5. The molecule has 2 aliphatic rings. The summed E-state index contributed by atoms with van der Waals surface area (Å²) in [5.74, 6) is 1.99. The molecule has 1 N–H and O–H groups in total. The van der Waals surface area contributed by atoms with Gasteiger partial charge in [-0.05, 0) is 30.7 Å². The molecule has 0 radical (unpaired) electrons. The summed E-state index contributed by atoms with van der Waals surface area (Å²) in [5, 5.41) is 3.34. The van der Waals surface area contributed by atoms with E-state index >= 15 is 0 Å². The van der Waals surface area contributed by atoms with Gasteiger partial charge in [0.25, 0.3) is 0 Å². The molecule has 0 aliphatic carbocycles. The first-order chi connectivity index (χ1) is 17.4. The van der Waals surface area contributed by atoms with E-state index in [0.29, 0.717) is 45.3 Å². The minimum absolute atomic E-state index is 0.0248. The highest BCUT2D eigenvalue weighted by atomic mass is 19.4. The third-order valence-corrected chi connectivity index (χ3v) is 6.42. The van der Waals surface area contributed by atoms with E-state index in [0.717, 1.165) is 42.0 Å². The number of benzene rings is 1. The van der Waals surface area contributed by atoms with E-state index in [4.69, 9.17) is 14.7 Å². The number of hydrogen-bond acceptors (Lipinski definition) is 8. The van der Waals surface area contributed by atoms with Crippen molar-refractivity contribution in [2.75, 3.05) is 72.5 Å². The number of hydrogen-bond donors (Lipinski definition) is 1. The van der Waals surface area contributed by atoms with Crippen molar-refractivity contribution >= 4 is 29.1 Å². The van der Waals surface area contributed by atoms with Gasteiger partial charge in [0, 0.05) is 57.2 Å². The van der Waals surface area contributed by atoms with Gasteiger partial charge in [-0.3, -0.25) is 0 Å². The summed E-state index contributed by atoms with van der Waals surface area (Å²) < 4.78 is 46.0. The second kappa shape index (κ2) is 10.2. The number of nitrogens with one attached hydrogen (secondary N) is 1. The third-order valence-electron chi connectivity index (χ3n) is 6.42. The fourth-order valence-corrected chi connectivity index (χ4v) is 4.45. The molecule has 11 heteroatoms. The fourth-order valence-electron chi connectivity index (χ4n) is 4.45. The molecule has 5 rings (SSSR count). The number of nitrogens with zero attached hydrogens (tertiary/aromatic N) is 6. The molecule has 2 fully saturated rings. The summed E-state index contributed by atoms with van der Waals surface area (Å²) in [6.45, 7) is 6.56. The van der Waals surface area contributed by atoms with Crippen molar-refractivity contribution in [3.63, 3.8) is 0 Å². The Balaban J connectivity index is 1.39. The maximum Gasteiger partial charge on any atom is 0.419 e. The predicted molar refractivity (Wildman–Crippen MR) is 133 cm³/mol. The molecule has 4 heterocycles. The van der Waals surface area contributed by atoms with Crippen LogP contribution in [0.5, 0.6) is 0 Å². The molecule has 190 valence electrons. The summed E-state index contributed by atoms with van der Waals surface area (Å²) in [6, 6.07) is 12.3. The molecule has 36 heavy (non-hydrogen) atoms. The van der Waals surface area contributed by atoms with E-state index in [-0.39, 0.29) is 5.82 Å². The molecule has 0 spiro atoms. The Morgan fingerprint density at radius 2 is 1.47 bits per heavy atom. The number of halogens is 3. The zero-order valence-corrected chi connectivity index (χ0v) is 20.0. The molecular formula is C25H28F3N7O. The van der Waals surface area contributed by atoms with Gasteiger partial charge in [0.2, 0.25) is 5.95 Å². The van der Waals surface area contributed by atoms with Crippen LogP contribution in [0.25, 0.3) is 0 Å². The van der Waals surface area contributed by atoms with Crippen LogP contribution in [-0.2, 0) is 10.9 Å². The number of alkyl halides is 3. The van der Waals surface area contributed by atoms with Crippen LogP contribution in [0.1, 0.15) is 11.1 Å². The lowest BCUT2D eigenvalue weighted by atomic mass is 10.2. The number of aryl methyl sites for hydroxylation is 1. The van der Waals surface area contributed by atoms with Crippen molar-refractivity contribution in [2.24, 2.45) is 0 Å². The zero-order valence-electron chi connectivity index (χ0n) is 20.0. The summed E-state index contributed by atoms with van der Waals surface area (Å²) in [5.41, 5.74) is 1.28. The third kappa shape index (κ3) is 5.30. The molecular weight excluding hydrogens is 471 g/mol. The zero-order chi connectivity index (χ0) is 25.1. The van der Waals surface area contributed by atoms with Gasteiger partial charge in [0.15, 0.2) is 0 Å². The molecule has 0 saturated carbocycles. The second-order valence-electron chi connectivity index (χ2n) is 8.79. The molecule has 3 aromatic rings. The Bertz CT molecular complexity index is 1190. The lowest BCUT2D eigenvalue weighted by molar-refractivity contribution is -0.137. The number of morpholine rings is 1. The molecule has 0 unspecified atom stereocenters. The molecule has 2 aliphatic heterocycles. The van der Waals surface area contributed by atoms with Crippen molar-refractivity contribution < 1.29 is 17.9 Å². The van der Waals surface area contributed by atoms with Crippen molar-refractivity contribution in [1.82, 2.24) is 15.0 Å². The summed E-state index contributed by atoms with van der Waals surface area (Å²) in [4.78, 5) is 19.5. The summed E-state index contributed by atoms with van der Waals surface area (Å²) in [6.07, 6.45) is -3.05. The number of rotatable bonds is 5. The van der Waals surface area contributed by atoms with Crippen LogP contribution in [0.2, 0.25) is 0 Å². The van der Waals surface area contributed by atoms with E-state index < -0.39 is 11.7 Å². The minimum atomic E-state index is -4.45. The topological polar surface area (TPSA) is 69.7 Å². The fraction of sp³-hybridized carbons (Fsp3) is 0.400. The Morgan fingerprint density at radius 3 is 2.14 bits per heavy atom. The maximum atomic E-state index is 13.5. The first-order valence-electron chi connectivity index (χ1n) is 11.9. The van der Waals surface area contributed by atoms with Gasteiger partial charge in [0.05, 0.1) is 18.8 Å². The van der Waals surface area contributed by atoms with E-state index in [1.807, 2.05) is 37.3 Å². The number of aromatic nitrogens is 3. The average Bonchev–Trinajstić information content (AvgIpc) is 2.90. The highest BCUT2D eigenvalue weighted by Crippen LogP contribution is 2.35. The lowest BCUT2D eigenvalue weighted by Crippen LogP contribution is -2.47. The minimum Gasteiger partial charge on any atom is -0.378 e. The monoisotopic (exact) mass is 499 g/mol. The molecule has 0 atom stereocenters. The van der Waals surface area contributed by atoms with Gasteiger partial charge in [-0.1, -0.05) is 18.2 Å². The first-order valence-corrected chi connectivity index (χ1v) is 11.9. The average molecular weight is 500 g/mol. The van der Waals surface area contributed by atoms with Gasteiger partial charge < -0.3 is 24.8 Å². The Kier molecular flexibility index (Phi) is 6.82. The highest BCUT2D eigenvalue weighted by Gasteiger charge is 2.36. The Labute approximate surface area is 207 Å². The highest BCUT2D eigenvalue weighted by molar-refractivity contribution is 5.63. The molecule has 8 nitrogen and oxygen atoms in total. The van der Waals surface area contributed by atoms with Crippen LogP contribution >= 0.6 is 0 Å². The van der Waals surface area contributed by atoms with Gasteiger partial charge in [-0.25, -0.2) is 4.98 Å². The molecule has 2 aromatic heterocycles. The van der Waals surface area contributed by atoms with Crippen LogP contribution in [0.4, 0.5) is 42.3 Å². The van der Waals surface area contributed by atoms with Gasteiger partial charge in [0.1, 0.15) is 17.5 Å². The van der Waals surface area contributed by atoms with E-state index in [9.17, 15) is 13.2 Å². The van der Waals surface area contributed by atoms with Crippen molar-refractivity contribution in [3.8, 4) is 0 Å². The van der Waals surface area contributed by atoms with Crippen LogP contribution in [0.3, 0.4) is 0 Å². The van der Waals surface area contributed by atoms with Crippen LogP contribution < -0.4 is 20.0 Å². The summed E-state index contributed by atoms with van der Waals surface area (Å²) >= 11 is 0. The van der Waals surface area contributed by atoms with Gasteiger partial charge in [-0.15, -0.1) is 0 Å². The Hall–Kier alpha value is -3.60. The van der Waals surface area contributed by atoms with Crippen molar-refractivity contribution in [3.05, 3.63) is 59.8 Å². The number of anilines is 5. The first kappa shape index (κ1) is 24.1. The lowest BCUT2D eigenvalue weighted by Gasteiger charge is -2.37. The molecule has 1 aromatic carbocycles. The SMILES string of the molecule is Cc1ccccc1Nc1nc(N2CCOCC2)cc(N2CCN(c3ncccc3C(F)(F)F)CC2)n1. The second-order valence-corrected chi connectivity index (χ2v) is 8.79. The van der Waals surface area contributed by atoms with E-state index in [1.165, 1.54) is 12.3 Å². The number of para-hydroxylation sites is 1. The van der Waals surface area contributed by atoms with Crippen molar-refractivity contribution in [2.45, 2.75) is 13.1 Å². The standard InChI is InChI=1S/C25H28F3N7O/c1-18-5-2-3-7-20(18)30-24-31-21(17-22(32-24)34-13-15-36-16-14-34)33-9-11-35(12-10-33)23-19(25(26,27)28)6-4-8-29-23/h2-8,17H,9-16H2,1H3,(H,30,31,32). The smallest absolute Gasteiger partial charge is 0.378 e. The van der Waals surface area contributed by atoms with Crippen LogP contribution in [-0.4, -0.2) is 67.4 Å². The molecule has 0 bridgehead atoms. The van der Waals surface area contributed by atoms with E-state index in [1.54, 1.807) is 4.90 Å². The van der Waals surface area contributed by atoms with Crippen molar-refractivity contribution in [1.29, 1.82) is 0 Å². The normalized spacial score (nSPS) is 16.8. The van der Waals surface area contributed by atoms with Gasteiger partial charge in [-0.2, -0.15) is 23.1 Å². The number of ether oxygens (including phenoxy) is 1. The summed E-state index contributed by atoms with van der Waals surface area (Å²) in [7, 11) is 0. The van der Waals surface area contributed by atoms with Crippen LogP contribution in [0.15, 0.2) is 48.7 Å². The molecule has 0 amide bonds. The van der Waals surface area contributed by atoms with E-state index in [2.05, 4.69) is 20.1 Å². The number of piperazine rings is 1.